The number of ether oxygens (including phenoxy) is 2. The van der Waals surface area contributed by atoms with E-state index in [1.807, 2.05) is 0 Å². The molecule has 0 aliphatic carbocycles. The van der Waals surface area contributed by atoms with Crippen LogP contribution < -0.4 is 0 Å². The Hall–Kier alpha value is -0.950. The van der Waals surface area contributed by atoms with Crippen molar-refractivity contribution in [2.75, 3.05) is 52.7 Å². The van der Waals surface area contributed by atoms with Gasteiger partial charge in [0.2, 0.25) is 5.91 Å². The molecule has 0 bridgehead atoms. The van der Waals surface area contributed by atoms with Crippen molar-refractivity contribution < 1.29 is 24.5 Å². The van der Waals surface area contributed by atoms with E-state index >= 15 is 0 Å². The maximum absolute atomic E-state index is 12.5. The molecule has 32 heavy (non-hydrogen) atoms. The number of amides is 1. The van der Waals surface area contributed by atoms with E-state index in [0.29, 0.717) is 32.7 Å². The van der Waals surface area contributed by atoms with Crippen LogP contribution in [0.4, 0.5) is 0 Å². The summed E-state index contributed by atoms with van der Waals surface area (Å²) in [6.07, 6.45) is 21.4. The lowest BCUT2D eigenvalue weighted by Crippen LogP contribution is -2.36. The fraction of sp³-hybridized carbons (Fsp3) is 0.885. The van der Waals surface area contributed by atoms with Crippen molar-refractivity contribution >= 4 is 5.91 Å². The van der Waals surface area contributed by atoms with Crippen molar-refractivity contribution in [3.63, 3.8) is 0 Å². The number of aliphatic hydroxyl groups excluding tert-OH is 2. The molecule has 0 saturated heterocycles. The van der Waals surface area contributed by atoms with Gasteiger partial charge in [0.15, 0.2) is 0 Å². The summed E-state index contributed by atoms with van der Waals surface area (Å²) in [6, 6.07) is 0. The highest BCUT2D eigenvalue weighted by atomic mass is 16.5. The summed E-state index contributed by atoms with van der Waals surface area (Å²) in [7, 11) is 0. The molecule has 0 radical (unpaired) electrons. The standard InChI is InChI=1S/C26H51NO5/c1-2-3-4-5-6-7-8-9-10-11-12-13-14-15-16-17-26(30)27(18-22-31-24-20-28)19-23-32-25-21-29/h9-10,28-29H,2-8,11-25H2,1H3/b10-9-. The molecule has 0 unspecified atom stereocenters. The van der Waals surface area contributed by atoms with E-state index in [1.165, 1.54) is 70.6 Å². The number of allylic oxidation sites excluding steroid dienone is 2. The average molecular weight is 458 g/mol. The van der Waals surface area contributed by atoms with Gasteiger partial charge in [-0.2, -0.15) is 0 Å². The second-order valence-electron chi connectivity index (χ2n) is 8.39. The summed E-state index contributed by atoms with van der Waals surface area (Å²) in [5.41, 5.74) is 0. The second-order valence-corrected chi connectivity index (χ2v) is 8.39. The van der Waals surface area contributed by atoms with Crippen LogP contribution in [0.5, 0.6) is 0 Å². The molecule has 0 aromatic heterocycles. The van der Waals surface area contributed by atoms with Gasteiger partial charge in [-0.1, -0.05) is 70.4 Å². The van der Waals surface area contributed by atoms with Gasteiger partial charge in [0.05, 0.1) is 39.6 Å². The Morgan fingerprint density at radius 3 is 1.66 bits per heavy atom. The zero-order valence-corrected chi connectivity index (χ0v) is 20.8. The first-order chi connectivity index (χ1) is 15.8. The van der Waals surface area contributed by atoms with E-state index in [2.05, 4.69) is 19.1 Å². The molecule has 0 aromatic carbocycles. The van der Waals surface area contributed by atoms with Gasteiger partial charge in [-0.25, -0.2) is 0 Å². The summed E-state index contributed by atoms with van der Waals surface area (Å²) >= 11 is 0. The third kappa shape index (κ3) is 22.3. The number of carbonyl (C=O) groups excluding carboxylic acids is 1. The quantitative estimate of drug-likeness (QED) is 0.151. The molecule has 0 aliphatic rings. The molecule has 0 heterocycles. The van der Waals surface area contributed by atoms with Gasteiger partial charge in [-0.15, -0.1) is 0 Å². The summed E-state index contributed by atoms with van der Waals surface area (Å²) in [5, 5.41) is 17.6. The third-order valence-corrected chi connectivity index (χ3v) is 5.49. The normalized spacial score (nSPS) is 11.5. The van der Waals surface area contributed by atoms with Gasteiger partial charge in [-0.05, 0) is 32.1 Å². The number of unbranched alkanes of at least 4 members (excludes halogenated alkanes) is 11. The molecule has 0 fully saturated rings. The van der Waals surface area contributed by atoms with Crippen LogP contribution in [0.3, 0.4) is 0 Å². The predicted octanol–water partition coefficient (Wildman–Crippen LogP) is 4.87. The Kier molecular flexibility index (Phi) is 25.5. The molecule has 0 spiro atoms. The molecule has 2 N–H and O–H groups in total. The largest absolute Gasteiger partial charge is 0.394 e. The van der Waals surface area contributed by atoms with E-state index in [4.69, 9.17) is 19.7 Å². The number of nitrogens with zero attached hydrogens (tertiary/aromatic N) is 1. The predicted molar refractivity (Wildman–Crippen MR) is 132 cm³/mol. The zero-order chi connectivity index (χ0) is 23.5. The molecule has 1 amide bonds. The summed E-state index contributed by atoms with van der Waals surface area (Å²) in [4.78, 5) is 14.3. The Labute approximate surface area is 197 Å². The van der Waals surface area contributed by atoms with Crippen molar-refractivity contribution in [2.24, 2.45) is 0 Å². The maximum Gasteiger partial charge on any atom is 0.222 e. The van der Waals surface area contributed by atoms with E-state index in [1.54, 1.807) is 4.90 Å². The fourth-order valence-corrected chi connectivity index (χ4v) is 3.55. The highest BCUT2D eigenvalue weighted by Gasteiger charge is 2.13. The monoisotopic (exact) mass is 457 g/mol. The minimum atomic E-state index is -0.0114. The smallest absolute Gasteiger partial charge is 0.222 e. The lowest BCUT2D eigenvalue weighted by Gasteiger charge is -2.22. The minimum Gasteiger partial charge on any atom is -0.394 e. The van der Waals surface area contributed by atoms with Gasteiger partial charge < -0.3 is 24.6 Å². The van der Waals surface area contributed by atoms with E-state index in [-0.39, 0.29) is 32.3 Å². The molecular formula is C26H51NO5. The van der Waals surface area contributed by atoms with Crippen molar-refractivity contribution in [1.29, 1.82) is 0 Å². The molecule has 0 rings (SSSR count). The molecular weight excluding hydrogens is 406 g/mol. The molecule has 190 valence electrons. The van der Waals surface area contributed by atoms with E-state index < -0.39 is 0 Å². The van der Waals surface area contributed by atoms with Crippen molar-refractivity contribution in [3.8, 4) is 0 Å². The van der Waals surface area contributed by atoms with E-state index in [0.717, 1.165) is 12.8 Å². The lowest BCUT2D eigenvalue weighted by atomic mass is 10.1. The van der Waals surface area contributed by atoms with Crippen LogP contribution in [0.25, 0.3) is 0 Å². The molecule has 0 atom stereocenters. The van der Waals surface area contributed by atoms with Crippen molar-refractivity contribution in [1.82, 2.24) is 4.90 Å². The van der Waals surface area contributed by atoms with Crippen LogP contribution in [0.1, 0.15) is 96.8 Å². The Morgan fingerprint density at radius 2 is 1.16 bits per heavy atom. The highest BCUT2D eigenvalue weighted by Crippen LogP contribution is 2.10. The van der Waals surface area contributed by atoms with Crippen LogP contribution in [-0.4, -0.2) is 73.8 Å². The van der Waals surface area contributed by atoms with Gasteiger partial charge in [0, 0.05) is 19.5 Å². The fourth-order valence-electron chi connectivity index (χ4n) is 3.55. The number of aliphatic hydroxyl groups is 2. The summed E-state index contributed by atoms with van der Waals surface area (Å²) in [6.45, 7) is 4.66. The Balaban J connectivity index is 3.72. The lowest BCUT2D eigenvalue weighted by molar-refractivity contribution is -0.133. The van der Waals surface area contributed by atoms with E-state index in [9.17, 15) is 4.79 Å². The van der Waals surface area contributed by atoms with Gasteiger partial charge in [0.25, 0.3) is 0 Å². The molecule has 0 aliphatic heterocycles. The molecule has 6 nitrogen and oxygen atoms in total. The first-order valence-corrected chi connectivity index (χ1v) is 13.1. The van der Waals surface area contributed by atoms with Gasteiger partial charge in [-0.3, -0.25) is 4.79 Å². The van der Waals surface area contributed by atoms with Crippen molar-refractivity contribution in [3.05, 3.63) is 12.2 Å². The zero-order valence-electron chi connectivity index (χ0n) is 20.8. The SMILES string of the molecule is CCCCCCCC/C=C\CCCCCCCC(=O)N(CCOCCO)CCOCCO. The van der Waals surface area contributed by atoms with Crippen LogP contribution in [-0.2, 0) is 14.3 Å². The Morgan fingerprint density at radius 1 is 0.688 bits per heavy atom. The molecule has 0 aromatic rings. The van der Waals surface area contributed by atoms with Crippen LogP contribution in [0.15, 0.2) is 12.2 Å². The minimum absolute atomic E-state index is 0.0114. The summed E-state index contributed by atoms with van der Waals surface area (Å²) < 4.78 is 10.6. The number of hydrogen-bond acceptors (Lipinski definition) is 5. The van der Waals surface area contributed by atoms with Crippen LogP contribution in [0, 0.1) is 0 Å². The maximum atomic E-state index is 12.5. The first-order valence-electron chi connectivity index (χ1n) is 13.1. The number of rotatable bonds is 25. The molecule has 0 saturated carbocycles. The van der Waals surface area contributed by atoms with Crippen LogP contribution >= 0.6 is 0 Å². The average Bonchev–Trinajstić information content (AvgIpc) is 2.80. The third-order valence-electron chi connectivity index (χ3n) is 5.49. The summed E-state index contributed by atoms with van der Waals surface area (Å²) in [5.74, 6) is 0.128. The molecule has 6 heteroatoms. The highest BCUT2D eigenvalue weighted by molar-refractivity contribution is 5.76. The van der Waals surface area contributed by atoms with Gasteiger partial charge >= 0.3 is 0 Å². The first kappa shape index (κ1) is 31.0. The van der Waals surface area contributed by atoms with Gasteiger partial charge in [0.1, 0.15) is 0 Å². The topological polar surface area (TPSA) is 79.2 Å². The second kappa shape index (κ2) is 26.3. The van der Waals surface area contributed by atoms with Crippen LogP contribution in [0.2, 0.25) is 0 Å². The number of carbonyl (C=O) groups is 1. The Bertz CT molecular complexity index is 405. The van der Waals surface area contributed by atoms with Crippen molar-refractivity contribution in [2.45, 2.75) is 96.8 Å². The number of hydrogen-bond donors (Lipinski definition) is 2.